The van der Waals surface area contributed by atoms with Gasteiger partial charge in [0.2, 0.25) is 0 Å². The maximum atomic E-state index is 6.95. The summed E-state index contributed by atoms with van der Waals surface area (Å²) < 4.78 is 49.8. The van der Waals surface area contributed by atoms with Gasteiger partial charge in [0, 0.05) is 176 Å². The molecule has 0 aliphatic carbocycles. The molecular formula is C135H79N9O5S. The highest BCUT2D eigenvalue weighted by atomic mass is 32.1. The summed E-state index contributed by atoms with van der Waals surface area (Å²) in [5.41, 5.74) is 32.7. The van der Waals surface area contributed by atoms with Crippen LogP contribution in [0.15, 0.2) is 501 Å². The second-order valence-electron chi connectivity index (χ2n) is 38.7. The average Bonchev–Trinajstić information content (AvgIpc) is 1.55. The van der Waals surface area contributed by atoms with Gasteiger partial charge in [-0.1, -0.05) is 303 Å². The van der Waals surface area contributed by atoms with Gasteiger partial charge >= 0.3 is 0 Å². The smallest absolute Gasteiger partial charge is 0.160 e. The van der Waals surface area contributed by atoms with Gasteiger partial charge in [-0.2, -0.15) is 0 Å². The Hall–Kier alpha value is -20.1. The zero-order valence-electron chi connectivity index (χ0n) is 80.1. The fourth-order valence-corrected chi connectivity index (χ4v) is 24.8. The molecule has 0 saturated carbocycles. The maximum absolute atomic E-state index is 6.95. The van der Waals surface area contributed by atoms with Crippen molar-refractivity contribution >= 4 is 240 Å². The molecule has 15 heteroatoms. The van der Waals surface area contributed by atoms with Crippen LogP contribution in [0.25, 0.3) is 308 Å². The number of imidazole rings is 3. The van der Waals surface area contributed by atoms with E-state index in [4.69, 9.17) is 37.0 Å². The van der Waals surface area contributed by atoms with Gasteiger partial charge in [0.25, 0.3) is 0 Å². The van der Waals surface area contributed by atoms with E-state index in [0.717, 1.165) is 261 Å². The van der Waals surface area contributed by atoms with Crippen LogP contribution >= 0.6 is 11.3 Å². The van der Waals surface area contributed by atoms with Crippen molar-refractivity contribution < 1.29 is 22.1 Å². The molecule has 0 amide bonds. The SMILES string of the molecule is c1ccc(-c2cccc(-n3c(-c4ccccc4)nc4cc5oc6c(ccc7c8ccccc8n(-c8ccc9c(c8)oc8ccccc89)c76)c5cc43)c2)cc1.c1ccc(-c2nc3cc4oc5c(ccc6c7ccccc7n(-c7ccc8c(c7)oc7ccccc78)c65)c4cc3n2-c2ccccc2)cc1.c1ccc(-c2nc3cc4oc5c(ccc6c7ccccc7n(-c7ccc8c(c7)sc7ccccc78)c65)c4cc3n2-c2ccccc2)cc1. The molecule has 0 aliphatic heterocycles. The predicted molar refractivity (Wildman–Crippen MR) is 617 cm³/mol. The summed E-state index contributed by atoms with van der Waals surface area (Å²) in [6.07, 6.45) is 0. The van der Waals surface area contributed by atoms with Gasteiger partial charge < -0.3 is 35.8 Å². The third kappa shape index (κ3) is 12.7. The lowest BCUT2D eigenvalue weighted by atomic mass is 10.0. The summed E-state index contributed by atoms with van der Waals surface area (Å²) in [6, 6.07) is 169. The van der Waals surface area contributed by atoms with E-state index in [1.807, 2.05) is 59.9 Å². The molecule has 0 N–H and O–H groups in total. The monoisotopic (exact) mass is 1940 g/mol. The number of hydrogen-bond acceptors (Lipinski definition) is 9. The molecule has 0 saturated heterocycles. The van der Waals surface area contributed by atoms with Crippen LogP contribution in [0.2, 0.25) is 0 Å². The molecule has 12 aromatic heterocycles. The Morgan fingerprint density at radius 2 is 0.440 bits per heavy atom. The van der Waals surface area contributed by atoms with Gasteiger partial charge in [0.15, 0.2) is 16.7 Å². The fourth-order valence-electron chi connectivity index (χ4n) is 23.7. The third-order valence-electron chi connectivity index (χ3n) is 30.3. The molecule has 34 rings (SSSR count). The molecule has 150 heavy (non-hydrogen) atoms. The molecule has 0 unspecified atom stereocenters. The number of para-hydroxylation sites is 7. The van der Waals surface area contributed by atoms with Gasteiger partial charge in [-0.3, -0.25) is 13.7 Å². The molecule has 22 aromatic carbocycles. The van der Waals surface area contributed by atoms with Crippen LogP contribution in [-0.2, 0) is 0 Å². The van der Waals surface area contributed by atoms with Crippen molar-refractivity contribution in [1.29, 1.82) is 0 Å². The minimum absolute atomic E-state index is 0.803. The lowest BCUT2D eigenvalue weighted by Crippen LogP contribution is -1.98. The number of aromatic nitrogens is 9. The van der Waals surface area contributed by atoms with E-state index in [1.165, 1.54) is 47.3 Å². The van der Waals surface area contributed by atoms with Crippen LogP contribution < -0.4 is 0 Å². The third-order valence-corrected chi connectivity index (χ3v) is 31.5. The van der Waals surface area contributed by atoms with Gasteiger partial charge in [-0.05, 0) is 157 Å². The van der Waals surface area contributed by atoms with Crippen molar-refractivity contribution in [2.75, 3.05) is 0 Å². The number of nitrogens with zero attached hydrogens (tertiary/aromatic N) is 9. The first-order valence-electron chi connectivity index (χ1n) is 50.5. The van der Waals surface area contributed by atoms with Crippen LogP contribution in [-0.4, -0.2) is 42.4 Å². The van der Waals surface area contributed by atoms with Crippen LogP contribution in [0.1, 0.15) is 0 Å². The number of furan rings is 5. The zero-order valence-corrected chi connectivity index (χ0v) is 80.9. The van der Waals surface area contributed by atoms with Crippen molar-refractivity contribution in [2.45, 2.75) is 0 Å². The minimum atomic E-state index is 0.803. The Morgan fingerprint density at radius 1 is 0.153 bits per heavy atom. The van der Waals surface area contributed by atoms with E-state index >= 15 is 0 Å². The summed E-state index contributed by atoms with van der Waals surface area (Å²) in [5, 5.41) is 20.5. The van der Waals surface area contributed by atoms with E-state index in [2.05, 4.69) is 458 Å². The highest BCUT2D eigenvalue weighted by Gasteiger charge is 2.30. The Labute approximate surface area is 856 Å². The summed E-state index contributed by atoms with van der Waals surface area (Å²) >= 11 is 1.85. The Balaban J connectivity index is 0.0000000995. The van der Waals surface area contributed by atoms with Crippen molar-refractivity contribution in [3.8, 4) is 79.4 Å². The first-order chi connectivity index (χ1) is 74.4. The van der Waals surface area contributed by atoms with E-state index in [9.17, 15) is 0 Å². The molecule has 0 radical (unpaired) electrons. The molecule has 14 nitrogen and oxygen atoms in total. The Morgan fingerprint density at radius 3 is 0.853 bits per heavy atom. The van der Waals surface area contributed by atoms with Crippen molar-refractivity contribution in [1.82, 2.24) is 42.4 Å². The number of rotatable bonds is 10. The first-order valence-corrected chi connectivity index (χ1v) is 51.3. The first kappa shape index (κ1) is 83.3. The Bertz CT molecular complexity index is 11200. The maximum Gasteiger partial charge on any atom is 0.160 e. The molecule has 0 fully saturated rings. The molecule has 0 aliphatic rings. The van der Waals surface area contributed by atoms with E-state index < -0.39 is 0 Å². The van der Waals surface area contributed by atoms with E-state index in [-0.39, 0.29) is 0 Å². The van der Waals surface area contributed by atoms with E-state index in [0.29, 0.717) is 0 Å². The van der Waals surface area contributed by atoms with Gasteiger partial charge in [-0.15, -0.1) is 11.3 Å². The standard InChI is InChI=1S/C49H29N3O2.C43H25N3O2.C43H25N3OS/c1-3-12-30(13-4-1)32-16-11-17-33(26-32)52-43-28-40-39-25-24-38-35-18-7-9-20-42(35)51(34-22-23-37-36-19-8-10-21-44(36)53-45(37)27-34)47(38)48(39)54-46(40)29-41(43)50-49(52)31-14-5-2-6-15-31;1-3-11-26(12-4-1)43-44-35-25-40-34(24-37(35)46(43)27-13-5-2-6-14-27)33-22-21-32-29-15-7-9-17-36(29)45(41(32)42(33)48-40)28-19-20-31-30-16-8-10-18-38(30)47-39(31)23-28;1-3-11-26(12-4-1)43-44-35-25-38-34(24-37(35)46(43)27-13-5-2-6-14-27)33-22-21-32-29-15-7-9-17-36(29)45(41(32)42(33)47-38)28-19-20-31-30-16-8-10-18-39(30)48-40(31)23-28/h1-29H;2*1-25H. The summed E-state index contributed by atoms with van der Waals surface area (Å²) in [7, 11) is 0. The Kier molecular flexibility index (Phi) is 18.2. The second kappa shape index (κ2) is 32.7. The largest absolute Gasteiger partial charge is 0.456 e. The summed E-state index contributed by atoms with van der Waals surface area (Å²) in [4.78, 5) is 15.6. The molecule has 700 valence electrons. The van der Waals surface area contributed by atoms with Crippen LogP contribution in [0.4, 0.5) is 0 Å². The quantitative estimate of drug-likeness (QED) is 0.132. The molecule has 12 heterocycles. The van der Waals surface area contributed by atoms with Crippen molar-refractivity contribution in [3.63, 3.8) is 0 Å². The van der Waals surface area contributed by atoms with Crippen LogP contribution in [0, 0.1) is 0 Å². The van der Waals surface area contributed by atoms with Gasteiger partial charge in [0.05, 0.1) is 77.6 Å². The van der Waals surface area contributed by atoms with Gasteiger partial charge in [-0.25, -0.2) is 15.0 Å². The summed E-state index contributed by atoms with van der Waals surface area (Å²) in [6.45, 7) is 0. The second-order valence-corrected chi connectivity index (χ2v) is 39.8. The highest BCUT2D eigenvalue weighted by Crippen LogP contribution is 2.50. The molecule has 0 atom stereocenters. The summed E-state index contributed by atoms with van der Waals surface area (Å²) in [5.74, 6) is 2.70. The molecular weight excluding hydrogens is 1860 g/mol. The van der Waals surface area contributed by atoms with Crippen molar-refractivity contribution in [3.05, 3.63) is 479 Å². The lowest BCUT2D eigenvalue weighted by molar-refractivity contribution is 0.667. The van der Waals surface area contributed by atoms with Gasteiger partial charge in [0.1, 0.15) is 56.6 Å². The average molecular weight is 1940 g/mol. The van der Waals surface area contributed by atoms with Crippen molar-refractivity contribution in [2.24, 2.45) is 0 Å². The topological polar surface area (TPSA) is 134 Å². The van der Waals surface area contributed by atoms with Crippen LogP contribution in [0.5, 0.6) is 0 Å². The minimum Gasteiger partial charge on any atom is -0.456 e. The number of fused-ring (bicyclic) bond motifs is 33. The highest BCUT2D eigenvalue weighted by molar-refractivity contribution is 7.25. The predicted octanol–water partition coefficient (Wildman–Crippen LogP) is 36.9. The lowest BCUT2D eigenvalue weighted by Gasteiger charge is -2.12. The number of thiophene rings is 1. The normalized spacial score (nSPS) is 12.1. The molecule has 34 aromatic rings. The van der Waals surface area contributed by atoms with Crippen LogP contribution in [0.3, 0.4) is 0 Å². The number of hydrogen-bond donors (Lipinski definition) is 0. The van der Waals surface area contributed by atoms with E-state index in [1.54, 1.807) is 0 Å². The number of benzene rings is 22. The fraction of sp³-hybridized carbons (Fsp3) is 0. The molecule has 0 spiro atoms. The zero-order chi connectivity index (χ0) is 98.0. The molecule has 0 bridgehead atoms.